The molecule has 0 unspecified atom stereocenters. The predicted molar refractivity (Wildman–Crippen MR) is 105 cm³/mol. The van der Waals surface area contributed by atoms with Crippen molar-refractivity contribution in [3.63, 3.8) is 0 Å². The van der Waals surface area contributed by atoms with Crippen molar-refractivity contribution >= 4 is 45.0 Å². The van der Waals surface area contributed by atoms with Gasteiger partial charge in [0.2, 0.25) is 5.91 Å². The molecule has 1 fully saturated rings. The Bertz CT molecular complexity index is 804. The smallest absolute Gasteiger partial charge is 0.239 e. The summed E-state index contributed by atoms with van der Waals surface area (Å²) in [6.45, 7) is 0.475. The number of hydrogen-bond acceptors (Lipinski definition) is 5. The van der Waals surface area contributed by atoms with Crippen LogP contribution >= 0.6 is 27.7 Å². The average molecular weight is 418 g/mol. The van der Waals surface area contributed by atoms with E-state index in [2.05, 4.69) is 26.1 Å². The van der Waals surface area contributed by atoms with Crippen LogP contribution in [0.5, 0.6) is 5.75 Å². The van der Waals surface area contributed by atoms with Gasteiger partial charge in [0.15, 0.2) is 5.17 Å². The van der Waals surface area contributed by atoms with Gasteiger partial charge in [-0.05, 0) is 35.4 Å². The van der Waals surface area contributed by atoms with Gasteiger partial charge in [0.25, 0.3) is 0 Å². The van der Waals surface area contributed by atoms with E-state index < -0.39 is 0 Å². The summed E-state index contributed by atoms with van der Waals surface area (Å²) >= 11 is 4.80. The number of halogens is 1. The fraction of sp³-hybridized carbons (Fsp3) is 0.167. The molecule has 5 nitrogen and oxygen atoms in total. The van der Waals surface area contributed by atoms with Gasteiger partial charge in [0.05, 0.1) is 25.6 Å². The zero-order valence-electron chi connectivity index (χ0n) is 13.6. The zero-order chi connectivity index (χ0) is 17.6. The van der Waals surface area contributed by atoms with Crippen LogP contribution in [0.3, 0.4) is 0 Å². The molecule has 1 aliphatic rings. The van der Waals surface area contributed by atoms with Crippen molar-refractivity contribution in [2.24, 2.45) is 10.2 Å². The van der Waals surface area contributed by atoms with Gasteiger partial charge >= 0.3 is 0 Å². The second-order valence-corrected chi connectivity index (χ2v) is 7.15. The first-order valence-electron chi connectivity index (χ1n) is 7.58. The molecule has 7 heteroatoms. The monoisotopic (exact) mass is 417 g/mol. The molecule has 0 bridgehead atoms. The Morgan fingerprint density at radius 2 is 1.92 bits per heavy atom. The molecule has 1 aliphatic heterocycles. The van der Waals surface area contributed by atoms with Gasteiger partial charge in [0, 0.05) is 4.47 Å². The van der Waals surface area contributed by atoms with Gasteiger partial charge < -0.3 is 4.74 Å². The van der Waals surface area contributed by atoms with Crippen LogP contribution in [0.15, 0.2) is 63.2 Å². The average Bonchev–Trinajstić information content (AvgIpc) is 2.97. The summed E-state index contributed by atoms with van der Waals surface area (Å²) in [7, 11) is 1.63. The van der Waals surface area contributed by atoms with Crippen molar-refractivity contribution in [3.05, 3.63) is 64.1 Å². The van der Waals surface area contributed by atoms with Crippen molar-refractivity contribution in [1.82, 2.24) is 4.90 Å². The number of amides is 1. The third-order valence-corrected chi connectivity index (χ3v) is 5.06. The van der Waals surface area contributed by atoms with Gasteiger partial charge in [-0.2, -0.15) is 5.10 Å². The van der Waals surface area contributed by atoms with Crippen molar-refractivity contribution in [1.29, 1.82) is 0 Å². The standard InChI is InChI=1S/C18H16BrN3O2S/c1-24-16-8-4-14(5-9-16)11-22-17(23)12-25-18(22)21-20-10-13-2-6-15(19)7-3-13/h2-10H,11-12H2,1H3. The zero-order valence-corrected chi connectivity index (χ0v) is 16.0. The fourth-order valence-corrected chi connectivity index (χ4v) is 3.33. The quantitative estimate of drug-likeness (QED) is 0.546. The lowest BCUT2D eigenvalue weighted by Gasteiger charge is -2.15. The number of benzene rings is 2. The second kappa shape index (κ2) is 8.31. The first-order chi connectivity index (χ1) is 12.2. The van der Waals surface area contributed by atoms with Crippen LogP contribution in [0.4, 0.5) is 0 Å². The van der Waals surface area contributed by atoms with Crippen LogP contribution in [0.25, 0.3) is 0 Å². The highest BCUT2D eigenvalue weighted by Gasteiger charge is 2.28. The van der Waals surface area contributed by atoms with Gasteiger partial charge in [-0.3, -0.25) is 9.69 Å². The van der Waals surface area contributed by atoms with Crippen molar-refractivity contribution in [3.8, 4) is 5.75 Å². The third kappa shape index (κ3) is 4.70. The molecule has 2 aromatic rings. The van der Waals surface area contributed by atoms with Crippen LogP contribution < -0.4 is 4.74 Å². The number of amidine groups is 1. The summed E-state index contributed by atoms with van der Waals surface area (Å²) in [5.41, 5.74) is 1.96. The minimum Gasteiger partial charge on any atom is -0.497 e. The fourth-order valence-electron chi connectivity index (χ4n) is 2.23. The number of nitrogens with zero attached hydrogens (tertiary/aromatic N) is 3. The summed E-state index contributed by atoms with van der Waals surface area (Å²) in [4.78, 5) is 13.8. The first kappa shape index (κ1) is 17.7. The van der Waals surface area contributed by atoms with E-state index in [0.717, 1.165) is 21.3 Å². The maximum absolute atomic E-state index is 12.1. The van der Waals surface area contributed by atoms with Crippen LogP contribution in [-0.4, -0.2) is 35.1 Å². The lowest BCUT2D eigenvalue weighted by Crippen LogP contribution is -2.28. The number of rotatable bonds is 5. The van der Waals surface area contributed by atoms with Crippen LogP contribution in [-0.2, 0) is 11.3 Å². The predicted octanol–water partition coefficient (Wildman–Crippen LogP) is 3.92. The van der Waals surface area contributed by atoms with Crippen molar-refractivity contribution < 1.29 is 9.53 Å². The van der Waals surface area contributed by atoms with Crippen LogP contribution in [0.1, 0.15) is 11.1 Å². The van der Waals surface area contributed by atoms with Gasteiger partial charge in [-0.15, -0.1) is 5.10 Å². The Morgan fingerprint density at radius 3 is 2.60 bits per heavy atom. The SMILES string of the molecule is COc1ccc(CN2C(=O)CSC2=NN=Cc2ccc(Br)cc2)cc1. The van der Waals surface area contributed by atoms with E-state index in [4.69, 9.17) is 4.74 Å². The molecule has 0 spiro atoms. The van der Waals surface area contributed by atoms with E-state index in [1.54, 1.807) is 18.2 Å². The Morgan fingerprint density at radius 1 is 1.20 bits per heavy atom. The molecule has 1 saturated heterocycles. The van der Waals surface area contributed by atoms with Gasteiger partial charge in [0.1, 0.15) is 5.75 Å². The Labute approximate surface area is 158 Å². The topological polar surface area (TPSA) is 54.3 Å². The molecule has 1 heterocycles. The lowest BCUT2D eigenvalue weighted by molar-refractivity contribution is -0.124. The molecule has 0 saturated carbocycles. The van der Waals surface area contributed by atoms with Gasteiger partial charge in [-0.1, -0.05) is 52.0 Å². The number of carbonyl (C=O) groups excluding carboxylic acids is 1. The van der Waals surface area contributed by atoms with E-state index in [1.807, 2.05) is 48.5 Å². The molecule has 3 rings (SSSR count). The second-order valence-electron chi connectivity index (χ2n) is 5.30. The maximum Gasteiger partial charge on any atom is 0.239 e. The maximum atomic E-state index is 12.1. The van der Waals surface area contributed by atoms with Crippen molar-refractivity contribution in [2.45, 2.75) is 6.54 Å². The molecule has 128 valence electrons. The lowest BCUT2D eigenvalue weighted by atomic mass is 10.2. The van der Waals surface area contributed by atoms with Crippen molar-refractivity contribution in [2.75, 3.05) is 12.9 Å². The van der Waals surface area contributed by atoms with Crippen LogP contribution in [0, 0.1) is 0 Å². The van der Waals surface area contributed by atoms with Gasteiger partial charge in [-0.25, -0.2) is 0 Å². The highest BCUT2D eigenvalue weighted by Crippen LogP contribution is 2.23. The minimum atomic E-state index is 0.0402. The summed E-state index contributed by atoms with van der Waals surface area (Å²) in [5, 5.41) is 8.96. The molecule has 25 heavy (non-hydrogen) atoms. The third-order valence-electron chi connectivity index (χ3n) is 3.58. The first-order valence-corrected chi connectivity index (χ1v) is 9.36. The molecule has 2 aromatic carbocycles. The molecule has 0 aromatic heterocycles. The van der Waals surface area contributed by atoms with Crippen LogP contribution in [0.2, 0.25) is 0 Å². The molecular weight excluding hydrogens is 402 g/mol. The number of thioether (sulfide) groups is 1. The minimum absolute atomic E-state index is 0.0402. The molecule has 0 N–H and O–H groups in total. The normalized spacial score (nSPS) is 16.2. The highest BCUT2D eigenvalue weighted by molar-refractivity contribution is 9.10. The Kier molecular flexibility index (Phi) is 5.88. The molecule has 0 radical (unpaired) electrons. The van der Waals surface area contributed by atoms with E-state index in [-0.39, 0.29) is 5.91 Å². The Balaban J connectivity index is 1.70. The summed E-state index contributed by atoms with van der Waals surface area (Å²) in [5.74, 6) is 1.22. The van der Waals surface area contributed by atoms with E-state index in [1.165, 1.54) is 11.8 Å². The molecule has 0 aliphatic carbocycles. The summed E-state index contributed by atoms with van der Waals surface area (Å²) < 4.78 is 6.17. The molecule has 1 amide bonds. The number of carbonyl (C=O) groups is 1. The van der Waals surface area contributed by atoms with E-state index >= 15 is 0 Å². The Hall–Kier alpha value is -2.12. The summed E-state index contributed by atoms with van der Waals surface area (Å²) in [6, 6.07) is 15.4. The van der Waals surface area contributed by atoms with E-state index in [0.29, 0.717) is 17.5 Å². The molecular formula is C18H16BrN3O2S. The number of methoxy groups -OCH3 is 1. The highest BCUT2D eigenvalue weighted by atomic mass is 79.9. The number of ether oxygens (including phenoxy) is 1. The van der Waals surface area contributed by atoms with E-state index in [9.17, 15) is 4.79 Å². The summed E-state index contributed by atoms with van der Waals surface area (Å²) in [6.07, 6.45) is 1.67. The largest absolute Gasteiger partial charge is 0.497 e. The number of hydrogen-bond donors (Lipinski definition) is 0. The molecule has 0 atom stereocenters.